The molecule has 2 saturated carbocycles. The first-order valence-corrected chi connectivity index (χ1v) is 38.7. The van der Waals surface area contributed by atoms with Crippen molar-refractivity contribution < 1.29 is 19.2 Å². The molecule has 560 valence electrons. The third-order valence-electron chi connectivity index (χ3n) is 20.8. The molecule has 14 rings (SSSR count). The third-order valence-corrected chi connectivity index (χ3v) is 24.6. The molecule has 4 aliphatic heterocycles. The van der Waals surface area contributed by atoms with E-state index >= 15 is 0 Å². The molecule has 2 aliphatic carbocycles. The normalized spacial score (nSPS) is 24.1. The number of hydrogen-bond acceptors (Lipinski definition) is 21. The number of thiophene rings is 2. The van der Waals surface area contributed by atoms with Crippen molar-refractivity contribution in [3.05, 3.63) is 214 Å². The van der Waals surface area contributed by atoms with Gasteiger partial charge in [-0.05, 0) is 199 Å². The highest BCUT2D eigenvalue weighted by Gasteiger charge is 2.51. The van der Waals surface area contributed by atoms with Crippen LogP contribution in [0.1, 0.15) is 135 Å². The van der Waals surface area contributed by atoms with Gasteiger partial charge in [0, 0.05) is 67.7 Å². The highest BCUT2D eigenvalue weighted by molar-refractivity contribution is 9.11. The molecule has 4 amide bonds. The summed E-state index contributed by atoms with van der Waals surface area (Å²) < 4.78 is 0.868. The Morgan fingerprint density at radius 3 is 1.94 bits per heavy atom. The standard InChI is InChI=1S/C27H23N5OS.C20H18BrClN4OS.C17H16Cl2N4O.C16H24N6O/c1-27(24-14-22(17-34-24)21-10-4-9-20(13-21)16-29)23(25(33)32(2)26(30)31-27)11-5-7-18-6-3-8-19(12-18)15-28;1-19(16-13(22)9-14(21)28-16)15(17(27)26(2)18(24)25-19)11-3-5-12(6-4-11)20(10-23)7-8-20;1-17(9-15(24)23(2)16(20)22-17)14-7-10(3-4-21-14)11-5-12(18)8-13(19)6-11;1-16(14(23)22(2)15(17)21-16)9-11-4-3-5-12(8-11)20-13-10-18-6-7-19-13/h3-10,12-14,17,23H,11H2,1-2H3,(H2,30,31);3-6,9,15H,7-8H2,1-2H3,(H2,24,25);3-8H,9H2,1-2H3,(H2,20,22);6-7,10-12H,3-5,8-9H2,1-2H3,(H2,17,21)(H,19,20)/b7-5+;;;/t23?,27-;15?,19-;17-;11-,12+,16+/m0000/s1. The molecule has 0 saturated heterocycles. The number of likely N-dealkylation sites (N-methyl/N-ethyl adjacent to an activating group) is 2. The molecule has 0 spiro atoms. The Balaban J connectivity index is 0.000000146. The van der Waals surface area contributed by atoms with Crippen molar-refractivity contribution in [2.24, 2.45) is 54.7 Å². The first-order valence-electron chi connectivity index (χ1n) is 35.0. The minimum Gasteiger partial charge on any atom is -0.369 e. The van der Waals surface area contributed by atoms with Crippen molar-refractivity contribution >= 4 is 133 Å². The van der Waals surface area contributed by atoms with Gasteiger partial charge >= 0.3 is 0 Å². The Kier molecular flexibility index (Phi) is 24.0. The number of nitrogens with one attached hydrogen (secondary N) is 1. The fraction of sp³-hybridized carbons (Fsp3) is 0.325. The summed E-state index contributed by atoms with van der Waals surface area (Å²) in [6, 6.07) is 42.5. The number of benzene rings is 4. The Hall–Kier alpha value is -10.4. The first-order chi connectivity index (χ1) is 51.8. The number of amides is 4. The number of carbonyl (C=O) groups excluding carboxylic acids is 4. The first kappa shape index (κ1) is 79.7. The van der Waals surface area contributed by atoms with Crippen molar-refractivity contribution in [3.63, 3.8) is 0 Å². The van der Waals surface area contributed by atoms with Gasteiger partial charge in [-0.25, -0.2) is 25.0 Å². The number of aliphatic imine (C=N–C) groups is 4. The van der Waals surface area contributed by atoms with Gasteiger partial charge in [0.15, 0.2) is 23.8 Å². The minimum absolute atomic E-state index is 0.000918. The second-order valence-electron chi connectivity index (χ2n) is 28.6. The van der Waals surface area contributed by atoms with Gasteiger partial charge < -0.3 is 28.3 Å². The van der Waals surface area contributed by atoms with E-state index in [2.05, 4.69) is 64.4 Å². The van der Waals surface area contributed by atoms with Crippen LogP contribution in [0.25, 0.3) is 28.3 Å². The van der Waals surface area contributed by atoms with Crippen molar-refractivity contribution in [3.8, 4) is 40.5 Å². The lowest BCUT2D eigenvalue weighted by Gasteiger charge is -2.40. The largest absolute Gasteiger partial charge is 0.369 e. The molecule has 6 aliphatic rings. The van der Waals surface area contributed by atoms with E-state index in [-0.39, 0.29) is 53.3 Å². The summed E-state index contributed by atoms with van der Waals surface area (Å²) in [5, 5.41) is 34.9. The van der Waals surface area contributed by atoms with E-state index in [4.69, 9.17) is 73.0 Å². The van der Waals surface area contributed by atoms with Gasteiger partial charge in [-0.2, -0.15) is 15.8 Å². The second kappa shape index (κ2) is 32.8. The number of rotatable bonds is 14. The summed E-state index contributed by atoms with van der Waals surface area (Å²) in [7, 11) is 6.56. The van der Waals surface area contributed by atoms with Gasteiger partial charge in [0.2, 0.25) is 17.7 Å². The van der Waals surface area contributed by atoms with Crippen molar-refractivity contribution in [2.45, 2.75) is 125 Å². The molecule has 8 heterocycles. The zero-order valence-corrected chi connectivity index (χ0v) is 66.7. The van der Waals surface area contributed by atoms with Gasteiger partial charge in [-0.1, -0.05) is 108 Å². The predicted octanol–water partition coefficient (Wildman–Crippen LogP) is 14.2. The monoisotopic (exact) mass is 1620 g/mol. The summed E-state index contributed by atoms with van der Waals surface area (Å²) in [6.45, 7) is 7.58. The number of nitriles is 3. The molecule has 8 atom stereocenters. The molecule has 8 aromatic rings. The van der Waals surface area contributed by atoms with Gasteiger partial charge in [0.25, 0.3) is 5.91 Å². The summed E-state index contributed by atoms with van der Waals surface area (Å²) >= 11 is 25.1. The van der Waals surface area contributed by atoms with Gasteiger partial charge in [0.05, 0.1) is 78.6 Å². The van der Waals surface area contributed by atoms with Crippen molar-refractivity contribution in [1.29, 1.82) is 15.8 Å². The van der Waals surface area contributed by atoms with Crippen LogP contribution in [0.5, 0.6) is 0 Å². The zero-order chi connectivity index (χ0) is 78.5. The zero-order valence-electron chi connectivity index (χ0n) is 61.2. The second-order valence-corrected chi connectivity index (χ2v) is 33.2. The van der Waals surface area contributed by atoms with E-state index in [1.165, 1.54) is 42.3 Å². The van der Waals surface area contributed by atoms with E-state index < -0.39 is 34.0 Å². The molecule has 2 fully saturated rings. The van der Waals surface area contributed by atoms with Crippen molar-refractivity contribution in [1.82, 2.24) is 34.6 Å². The Morgan fingerprint density at radius 2 is 1.32 bits per heavy atom. The van der Waals surface area contributed by atoms with Crippen LogP contribution < -0.4 is 28.3 Å². The number of nitrogens with zero attached hydrogens (tertiary/aromatic N) is 14. The smallest absolute Gasteiger partial charge is 0.256 e. The van der Waals surface area contributed by atoms with Crippen molar-refractivity contribution in [2.75, 3.05) is 33.5 Å². The molecule has 4 aromatic carbocycles. The lowest BCUT2D eigenvalue weighted by atomic mass is 9.77. The number of aromatic nitrogens is 3. The highest BCUT2D eigenvalue weighted by Crippen LogP contribution is 2.52. The van der Waals surface area contributed by atoms with Gasteiger partial charge in [0.1, 0.15) is 28.0 Å². The Morgan fingerprint density at radius 1 is 0.670 bits per heavy atom. The number of pyridine rings is 1. The number of hydrogen-bond donors (Lipinski definition) is 5. The molecule has 0 bridgehead atoms. The number of halogens is 4. The van der Waals surface area contributed by atoms with Crippen LogP contribution in [0, 0.1) is 45.8 Å². The number of allylic oxidation sites excluding steroid dienone is 1. The number of anilines is 1. The Labute approximate surface area is 664 Å². The average molecular weight is 1620 g/mol. The van der Waals surface area contributed by atoms with Gasteiger partial charge in [-0.3, -0.25) is 48.7 Å². The Bertz CT molecular complexity index is 5100. The van der Waals surface area contributed by atoms with Crippen LogP contribution in [-0.4, -0.2) is 122 Å². The maximum Gasteiger partial charge on any atom is 0.256 e. The summed E-state index contributed by atoms with van der Waals surface area (Å²) in [5.74, 6) is 0.792. The SMILES string of the molecule is CN1C(=O)C(C/C=C/c2cccc(C#N)c2)[C@@](C)(c2cc(-c3cccc(C#N)c3)cs2)N=C1N.CN1C(=O)C(c2ccc(C3(C#N)CC3)cc2)[C@@](C)(c2sc(Br)cc2Cl)N=C1N.CN1C(=O)C[C@@](C)(c2cc(-c3cc(Cl)cc(Cl)c3)ccn2)N=C1N.CN1C(=O)[C@@](C)(C[C@H]2CCC[C@@H](Nc3cnccn3)C2)N=C1N. The molecular weight excluding hydrogens is 1540 g/mol. The molecule has 23 nitrogen and oxygen atoms in total. The van der Waals surface area contributed by atoms with E-state index in [1.807, 2.05) is 142 Å². The molecule has 4 aromatic heterocycles. The molecule has 29 heteroatoms. The summed E-state index contributed by atoms with van der Waals surface area (Å²) in [6.07, 6.45) is 18.2. The van der Waals surface area contributed by atoms with Gasteiger partial charge in [-0.15, -0.1) is 22.7 Å². The summed E-state index contributed by atoms with van der Waals surface area (Å²) in [5.41, 5.74) is 28.5. The average Bonchev–Trinajstić information content (AvgIpc) is 1.74. The van der Waals surface area contributed by atoms with Crippen LogP contribution in [0.2, 0.25) is 15.1 Å². The van der Waals surface area contributed by atoms with Crippen LogP contribution in [0.4, 0.5) is 5.82 Å². The third kappa shape index (κ3) is 17.4. The minimum atomic E-state index is -0.921. The lowest BCUT2D eigenvalue weighted by Crippen LogP contribution is -2.53. The fourth-order valence-corrected chi connectivity index (χ4v) is 18.2. The number of guanidine groups is 4. The van der Waals surface area contributed by atoms with Crippen LogP contribution >= 0.6 is 73.4 Å². The highest BCUT2D eigenvalue weighted by atomic mass is 79.9. The topological polar surface area (TPSA) is 357 Å². The number of nitrogens with two attached hydrogens (primary N) is 4. The predicted molar refractivity (Wildman–Crippen MR) is 434 cm³/mol. The molecule has 109 heavy (non-hydrogen) atoms. The fourth-order valence-electron chi connectivity index (χ4n) is 14.4. The van der Waals surface area contributed by atoms with E-state index in [0.717, 1.165) is 103 Å². The lowest BCUT2D eigenvalue weighted by molar-refractivity contribution is -0.134. The molecule has 0 radical (unpaired) electrons. The number of carbonyl (C=O) groups is 4. The van der Waals surface area contributed by atoms with Crippen LogP contribution in [0.3, 0.4) is 0 Å². The van der Waals surface area contributed by atoms with E-state index in [9.17, 15) is 29.7 Å². The molecule has 9 N–H and O–H groups in total. The van der Waals surface area contributed by atoms with E-state index in [1.54, 1.807) is 71.2 Å². The molecular formula is C80H81BrCl3N19O4S2. The maximum absolute atomic E-state index is 13.3. The van der Waals surface area contributed by atoms with E-state index in [0.29, 0.717) is 56.2 Å². The summed E-state index contributed by atoms with van der Waals surface area (Å²) in [4.78, 5) is 89.5. The quantitative estimate of drug-likeness (QED) is 0.0675. The molecule has 2 unspecified atom stereocenters. The van der Waals surface area contributed by atoms with Crippen LogP contribution in [0.15, 0.2) is 175 Å². The van der Waals surface area contributed by atoms with Crippen LogP contribution in [-0.2, 0) is 41.2 Å². The maximum atomic E-state index is 13.3.